The van der Waals surface area contributed by atoms with Gasteiger partial charge in [0.25, 0.3) is 0 Å². The zero-order chi connectivity index (χ0) is 5.82. The van der Waals surface area contributed by atoms with Crippen LogP contribution in [0.15, 0.2) is 30.3 Å². The van der Waals surface area contributed by atoms with Crippen molar-refractivity contribution < 1.29 is 0 Å². The third kappa shape index (κ3) is 1.51. The summed E-state index contributed by atoms with van der Waals surface area (Å²) in [6, 6.07) is 10.8. The quantitative estimate of drug-likeness (QED) is 0.596. The van der Waals surface area contributed by atoms with Crippen molar-refractivity contribution >= 4 is 24.7 Å². The van der Waals surface area contributed by atoms with Crippen LogP contribution in [-0.2, 0) is 0 Å². The first-order valence-corrected chi connectivity index (χ1v) is 9.03. The minimum absolute atomic E-state index is 0.446. The second kappa shape index (κ2) is 3.13. The molecule has 0 saturated heterocycles. The normalized spacial score (nSPS) is 10.6. The van der Waals surface area contributed by atoms with Crippen LogP contribution in [0.5, 0.6) is 0 Å². The molecule has 42 valence electrons. The van der Waals surface area contributed by atoms with E-state index >= 15 is 0 Å². The van der Waals surface area contributed by atoms with Crippen molar-refractivity contribution in [1.29, 1.82) is 0 Å². The summed E-state index contributed by atoms with van der Waals surface area (Å²) in [6.45, 7) is 0. The molecule has 0 amide bonds. The van der Waals surface area contributed by atoms with Crippen molar-refractivity contribution in [3.63, 3.8) is 0 Å². The van der Waals surface area contributed by atoms with Crippen LogP contribution in [-0.4, -0.2) is 21.1 Å². The molecule has 0 unspecified atom stereocenters. The van der Waals surface area contributed by atoms with Gasteiger partial charge in [0, 0.05) is 0 Å². The van der Waals surface area contributed by atoms with Gasteiger partial charge in [0.2, 0.25) is 0 Å². The predicted octanol–water partition coefficient (Wildman–Crippen LogP) is 0.529. The SMILES string of the molecule is [CH3][SnH2][c]1ccccc1. The maximum absolute atomic E-state index is 2.37. The van der Waals surface area contributed by atoms with Crippen molar-refractivity contribution in [2.24, 2.45) is 0 Å². The molecule has 1 rings (SSSR count). The van der Waals surface area contributed by atoms with E-state index in [-0.39, 0.29) is 0 Å². The van der Waals surface area contributed by atoms with Gasteiger partial charge in [-0.2, -0.15) is 0 Å². The molecule has 0 bridgehead atoms. The molecule has 0 fully saturated rings. The Bertz CT molecular complexity index is 146. The van der Waals surface area contributed by atoms with Gasteiger partial charge >= 0.3 is 60.0 Å². The van der Waals surface area contributed by atoms with Gasteiger partial charge in [-0.25, -0.2) is 0 Å². The minimum atomic E-state index is -0.446. The van der Waals surface area contributed by atoms with Crippen LogP contribution >= 0.6 is 0 Å². The monoisotopic (exact) mass is 214 g/mol. The van der Waals surface area contributed by atoms with Gasteiger partial charge in [0.05, 0.1) is 0 Å². The van der Waals surface area contributed by atoms with Gasteiger partial charge in [-0.3, -0.25) is 0 Å². The van der Waals surface area contributed by atoms with E-state index in [0.29, 0.717) is 0 Å². The first-order valence-electron chi connectivity index (χ1n) is 2.97. The molecule has 0 aliphatic carbocycles. The van der Waals surface area contributed by atoms with E-state index in [2.05, 4.69) is 35.3 Å². The zero-order valence-corrected chi connectivity index (χ0v) is 9.13. The van der Waals surface area contributed by atoms with Crippen LogP contribution in [0.2, 0.25) is 4.94 Å². The van der Waals surface area contributed by atoms with Gasteiger partial charge in [-0.15, -0.1) is 0 Å². The molecule has 0 atom stereocenters. The Morgan fingerprint density at radius 1 is 1.12 bits per heavy atom. The number of rotatable bonds is 1. The van der Waals surface area contributed by atoms with Crippen molar-refractivity contribution in [3.8, 4) is 0 Å². The Morgan fingerprint density at radius 3 is 2.12 bits per heavy atom. The fourth-order valence-electron chi connectivity index (χ4n) is 0.714. The molecule has 1 heteroatoms. The fraction of sp³-hybridized carbons (Fsp3) is 0.143. The molecule has 0 aromatic heterocycles. The van der Waals surface area contributed by atoms with Gasteiger partial charge in [-0.1, -0.05) is 0 Å². The van der Waals surface area contributed by atoms with E-state index in [0.717, 1.165) is 0 Å². The molecule has 1 aromatic carbocycles. The van der Waals surface area contributed by atoms with Crippen molar-refractivity contribution in [2.45, 2.75) is 4.94 Å². The standard InChI is InChI=1S/C6H5.CH3.Sn.2H/c1-2-4-6-5-3-1;;;;/h1-5H;1H3;;;. The van der Waals surface area contributed by atoms with Crippen molar-refractivity contribution in [3.05, 3.63) is 30.3 Å². The van der Waals surface area contributed by atoms with E-state index in [9.17, 15) is 0 Å². The Balaban J connectivity index is 2.83. The molecule has 0 aliphatic heterocycles. The number of hydrogen-bond donors (Lipinski definition) is 0. The van der Waals surface area contributed by atoms with Crippen LogP contribution < -0.4 is 3.58 Å². The molecule has 0 heterocycles. The first kappa shape index (κ1) is 6.14. The summed E-state index contributed by atoms with van der Waals surface area (Å²) >= 11 is -0.446. The molecular formula is C7H10Sn. The van der Waals surface area contributed by atoms with Crippen molar-refractivity contribution in [1.82, 2.24) is 0 Å². The molecule has 8 heavy (non-hydrogen) atoms. The molecule has 0 radical (unpaired) electrons. The van der Waals surface area contributed by atoms with Gasteiger partial charge in [0.15, 0.2) is 0 Å². The van der Waals surface area contributed by atoms with E-state index in [1.165, 1.54) is 0 Å². The summed E-state index contributed by atoms with van der Waals surface area (Å²) in [4.78, 5) is 2.37. The van der Waals surface area contributed by atoms with Crippen LogP contribution in [0.1, 0.15) is 0 Å². The summed E-state index contributed by atoms with van der Waals surface area (Å²) in [6.07, 6.45) is 0. The fourth-order valence-corrected chi connectivity index (χ4v) is 2.84. The molecule has 0 nitrogen and oxygen atoms in total. The average Bonchev–Trinajstić information content (AvgIpc) is 1.90. The van der Waals surface area contributed by atoms with Gasteiger partial charge < -0.3 is 0 Å². The van der Waals surface area contributed by atoms with Crippen LogP contribution in [0.25, 0.3) is 0 Å². The molecule has 0 N–H and O–H groups in total. The second-order valence-corrected chi connectivity index (χ2v) is 6.19. The second-order valence-electron chi connectivity index (χ2n) is 1.84. The molecule has 0 aliphatic rings. The molecule has 0 spiro atoms. The maximum atomic E-state index is 2.37. The molecule has 0 saturated carbocycles. The summed E-state index contributed by atoms with van der Waals surface area (Å²) in [5.74, 6) is 0. The number of hydrogen-bond acceptors (Lipinski definition) is 0. The molecular weight excluding hydrogens is 203 g/mol. The average molecular weight is 213 g/mol. The Kier molecular flexibility index (Phi) is 2.40. The van der Waals surface area contributed by atoms with Crippen LogP contribution in [0.3, 0.4) is 0 Å². The number of benzene rings is 1. The van der Waals surface area contributed by atoms with Crippen LogP contribution in [0, 0.1) is 0 Å². The predicted molar refractivity (Wildman–Crippen MR) is 40.5 cm³/mol. The van der Waals surface area contributed by atoms with E-state index in [1.54, 1.807) is 3.58 Å². The summed E-state index contributed by atoms with van der Waals surface area (Å²) in [7, 11) is 0. The van der Waals surface area contributed by atoms with Crippen LogP contribution in [0.4, 0.5) is 0 Å². The summed E-state index contributed by atoms with van der Waals surface area (Å²) in [5, 5.41) is 0. The Labute approximate surface area is 60.1 Å². The van der Waals surface area contributed by atoms with E-state index in [4.69, 9.17) is 0 Å². The molecule has 1 aromatic rings. The Morgan fingerprint density at radius 2 is 1.75 bits per heavy atom. The third-order valence-electron chi connectivity index (χ3n) is 1.25. The van der Waals surface area contributed by atoms with E-state index < -0.39 is 21.1 Å². The third-order valence-corrected chi connectivity index (χ3v) is 4.93. The van der Waals surface area contributed by atoms with Gasteiger partial charge in [0.1, 0.15) is 0 Å². The topological polar surface area (TPSA) is 0 Å². The van der Waals surface area contributed by atoms with Gasteiger partial charge in [-0.05, 0) is 0 Å². The Hall–Kier alpha value is 0.0187. The summed E-state index contributed by atoms with van der Waals surface area (Å²) < 4.78 is 1.62. The first-order chi connectivity index (χ1) is 3.93. The van der Waals surface area contributed by atoms with Crippen molar-refractivity contribution in [2.75, 3.05) is 0 Å². The van der Waals surface area contributed by atoms with E-state index in [1.807, 2.05) is 0 Å². The summed E-state index contributed by atoms with van der Waals surface area (Å²) in [5.41, 5.74) is 0. The zero-order valence-electron chi connectivity index (χ0n) is 5.09.